The van der Waals surface area contributed by atoms with Crippen LogP contribution in [0.25, 0.3) is 0 Å². The minimum absolute atomic E-state index is 0.202. The van der Waals surface area contributed by atoms with Gasteiger partial charge in [0.05, 0.1) is 0 Å². The molecule has 0 rings (SSSR count). The Morgan fingerprint density at radius 3 is 2.14 bits per heavy atom. The summed E-state index contributed by atoms with van der Waals surface area (Å²) < 4.78 is 7.80. The Kier molecular flexibility index (Phi) is 9.57. The van der Waals surface area contributed by atoms with E-state index in [-0.39, 0.29) is 5.97 Å². The minimum atomic E-state index is -1.83. The van der Waals surface area contributed by atoms with Crippen molar-refractivity contribution in [3.8, 4) is 0 Å². The molecule has 14 heavy (non-hydrogen) atoms. The Bertz CT molecular complexity index is 161. The first-order chi connectivity index (χ1) is 6.74. The molecular formula is C11H21O2Sn. The van der Waals surface area contributed by atoms with E-state index in [1.54, 1.807) is 0 Å². The molecule has 0 atom stereocenters. The van der Waals surface area contributed by atoms with E-state index in [9.17, 15) is 4.79 Å². The van der Waals surface area contributed by atoms with Crippen molar-refractivity contribution in [3.05, 3.63) is 12.7 Å². The van der Waals surface area contributed by atoms with Crippen LogP contribution in [0.2, 0.25) is 8.87 Å². The Labute approximate surface area is 95.0 Å². The third-order valence-electron chi connectivity index (χ3n) is 2.03. The Hall–Kier alpha value is 0.00870. The summed E-state index contributed by atoms with van der Waals surface area (Å²) in [6.07, 6.45) is 6.11. The second-order valence-corrected chi connectivity index (χ2v) is 9.88. The molecule has 0 unspecified atom stereocenters. The van der Waals surface area contributed by atoms with Crippen LogP contribution in [0, 0.1) is 0 Å². The number of hydrogen-bond acceptors (Lipinski definition) is 2. The van der Waals surface area contributed by atoms with E-state index < -0.39 is 20.2 Å². The third kappa shape index (κ3) is 7.42. The summed E-state index contributed by atoms with van der Waals surface area (Å²) in [6.45, 7) is 7.78. The zero-order chi connectivity index (χ0) is 10.8. The van der Waals surface area contributed by atoms with Crippen molar-refractivity contribution in [1.29, 1.82) is 0 Å². The number of carbonyl (C=O) groups is 1. The van der Waals surface area contributed by atoms with Crippen LogP contribution in [0.3, 0.4) is 0 Å². The van der Waals surface area contributed by atoms with Crippen molar-refractivity contribution in [2.75, 3.05) is 0 Å². The summed E-state index contributed by atoms with van der Waals surface area (Å²) in [5.41, 5.74) is 0. The molecule has 0 aliphatic rings. The monoisotopic (exact) mass is 305 g/mol. The Balaban J connectivity index is 3.82. The summed E-state index contributed by atoms with van der Waals surface area (Å²) in [5.74, 6) is -0.202. The van der Waals surface area contributed by atoms with E-state index in [2.05, 4.69) is 20.4 Å². The van der Waals surface area contributed by atoms with E-state index in [1.807, 2.05) is 0 Å². The third-order valence-corrected chi connectivity index (χ3v) is 8.63. The molecule has 0 spiro atoms. The van der Waals surface area contributed by atoms with Gasteiger partial charge in [-0.05, 0) is 0 Å². The van der Waals surface area contributed by atoms with Crippen LogP contribution < -0.4 is 0 Å². The van der Waals surface area contributed by atoms with Crippen molar-refractivity contribution >= 4 is 26.1 Å². The summed E-state index contributed by atoms with van der Waals surface area (Å²) in [4.78, 5) is 11.1. The molecule has 0 fully saturated rings. The second-order valence-electron chi connectivity index (χ2n) is 3.37. The standard InChI is InChI=1S/2C4H9.C3H4O2.Sn/c2*1-3-4-2;1-2-3(4)5;/h2*1,3-4H2,2H3;2H,1H2,(H,4,5);/q;;;+1/p-1. The zero-order valence-corrected chi connectivity index (χ0v) is 12.2. The maximum absolute atomic E-state index is 11.1. The fourth-order valence-corrected chi connectivity index (χ4v) is 7.77. The Morgan fingerprint density at radius 1 is 1.29 bits per heavy atom. The normalized spacial score (nSPS) is 10.2. The van der Waals surface area contributed by atoms with Crippen molar-refractivity contribution < 1.29 is 7.87 Å². The van der Waals surface area contributed by atoms with Crippen LogP contribution in [-0.2, 0) is 7.87 Å². The first-order valence-corrected chi connectivity index (χ1v) is 10.6. The number of rotatable bonds is 8. The Morgan fingerprint density at radius 2 is 1.79 bits per heavy atom. The van der Waals surface area contributed by atoms with Gasteiger partial charge in [0.1, 0.15) is 0 Å². The van der Waals surface area contributed by atoms with Crippen molar-refractivity contribution in [2.45, 2.75) is 48.4 Å². The molecule has 0 aliphatic carbocycles. The fourth-order valence-electron chi connectivity index (χ4n) is 1.16. The predicted molar refractivity (Wildman–Crippen MR) is 61.5 cm³/mol. The molecule has 0 saturated carbocycles. The quantitative estimate of drug-likeness (QED) is 0.508. The van der Waals surface area contributed by atoms with Gasteiger partial charge in [-0.15, -0.1) is 0 Å². The van der Waals surface area contributed by atoms with Gasteiger partial charge in [0.2, 0.25) is 0 Å². The molecule has 81 valence electrons. The summed E-state index contributed by atoms with van der Waals surface area (Å²) in [7, 11) is 0. The molecule has 2 nitrogen and oxygen atoms in total. The average molecular weight is 304 g/mol. The van der Waals surface area contributed by atoms with E-state index in [0.29, 0.717) is 0 Å². The first-order valence-electron chi connectivity index (χ1n) is 5.43. The van der Waals surface area contributed by atoms with Crippen LogP contribution in [0.15, 0.2) is 12.7 Å². The van der Waals surface area contributed by atoms with Gasteiger partial charge in [-0.25, -0.2) is 0 Å². The number of unbranched alkanes of at least 4 members (excludes halogenated alkanes) is 2. The average Bonchev–Trinajstić information content (AvgIpc) is 2.21. The van der Waals surface area contributed by atoms with E-state index in [1.165, 1.54) is 40.6 Å². The fraction of sp³-hybridized carbons (Fsp3) is 0.727. The topological polar surface area (TPSA) is 26.3 Å². The number of hydrogen-bond donors (Lipinski definition) is 0. The van der Waals surface area contributed by atoms with Crippen LogP contribution in [0.1, 0.15) is 39.5 Å². The van der Waals surface area contributed by atoms with Gasteiger partial charge in [-0.1, -0.05) is 0 Å². The van der Waals surface area contributed by atoms with Crippen molar-refractivity contribution in [3.63, 3.8) is 0 Å². The molecule has 0 aromatic heterocycles. The zero-order valence-electron chi connectivity index (χ0n) is 9.34. The van der Waals surface area contributed by atoms with E-state index in [0.717, 1.165) is 0 Å². The summed E-state index contributed by atoms with van der Waals surface area (Å²) in [6, 6.07) is 0. The molecular weight excluding hydrogens is 283 g/mol. The van der Waals surface area contributed by atoms with Gasteiger partial charge in [-0.2, -0.15) is 0 Å². The molecule has 3 heteroatoms. The molecule has 1 radical (unpaired) electrons. The summed E-state index contributed by atoms with van der Waals surface area (Å²) in [5, 5.41) is 0. The van der Waals surface area contributed by atoms with Crippen molar-refractivity contribution in [1.82, 2.24) is 0 Å². The molecule has 0 N–H and O–H groups in total. The van der Waals surface area contributed by atoms with Gasteiger partial charge in [0.15, 0.2) is 0 Å². The van der Waals surface area contributed by atoms with E-state index >= 15 is 0 Å². The molecule has 0 amide bonds. The first kappa shape index (κ1) is 14.0. The second kappa shape index (κ2) is 9.56. The molecule has 0 saturated heterocycles. The van der Waals surface area contributed by atoms with Crippen LogP contribution in [0.4, 0.5) is 0 Å². The van der Waals surface area contributed by atoms with Crippen LogP contribution >= 0.6 is 0 Å². The molecule has 0 bridgehead atoms. The molecule has 0 heterocycles. The van der Waals surface area contributed by atoms with Gasteiger partial charge in [0, 0.05) is 0 Å². The van der Waals surface area contributed by atoms with Gasteiger partial charge in [-0.3, -0.25) is 0 Å². The van der Waals surface area contributed by atoms with Gasteiger partial charge < -0.3 is 0 Å². The SMILES string of the molecule is C=CC(=O)[O][Sn]([CH2]CCC)[CH2]CCC. The van der Waals surface area contributed by atoms with Crippen molar-refractivity contribution in [2.24, 2.45) is 0 Å². The maximum atomic E-state index is 11.1. The summed E-state index contributed by atoms with van der Waals surface area (Å²) >= 11 is -1.83. The van der Waals surface area contributed by atoms with Gasteiger partial charge >= 0.3 is 95.1 Å². The van der Waals surface area contributed by atoms with Crippen LogP contribution in [-0.4, -0.2) is 26.1 Å². The van der Waals surface area contributed by atoms with Crippen LogP contribution in [0.5, 0.6) is 0 Å². The van der Waals surface area contributed by atoms with E-state index in [4.69, 9.17) is 3.07 Å². The molecule has 0 aromatic carbocycles. The molecule has 0 aromatic rings. The van der Waals surface area contributed by atoms with Gasteiger partial charge in [0.25, 0.3) is 0 Å². The molecule has 0 aliphatic heterocycles. The number of carbonyl (C=O) groups excluding carboxylic acids is 1. The predicted octanol–water partition coefficient (Wildman–Crippen LogP) is 3.31.